The number of imidazole rings is 1. The lowest BCUT2D eigenvalue weighted by Gasteiger charge is -2.31. The Morgan fingerprint density at radius 2 is 2.20 bits per heavy atom. The Morgan fingerprint density at radius 1 is 1.36 bits per heavy atom. The summed E-state index contributed by atoms with van der Waals surface area (Å²) in [5.41, 5.74) is 1.21. The second kappa shape index (κ2) is 6.95. The van der Waals surface area contributed by atoms with Crippen molar-refractivity contribution in [2.24, 2.45) is 0 Å². The van der Waals surface area contributed by atoms with Crippen LogP contribution in [0.25, 0.3) is 4.83 Å². The van der Waals surface area contributed by atoms with Gasteiger partial charge in [-0.2, -0.15) is 5.10 Å². The first kappa shape index (κ1) is 16.3. The average Bonchev–Trinajstić information content (AvgIpc) is 3.35. The lowest BCUT2D eigenvalue weighted by Crippen LogP contribution is -2.38. The standard InChI is InChI=1S/C17H22N6OS/c1-13-20-16(17-23(13)9-10-25-17)14-4-7-21(8-5-14)15(24)3-2-6-22-12-18-11-19-22/h9-12,14H,2-8H2,1H3. The fourth-order valence-corrected chi connectivity index (χ4v) is 4.51. The van der Waals surface area contributed by atoms with Gasteiger partial charge in [0.05, 0.1) is 5.69 Å². The van der Waals surface area contributed by atoms with E-state index in [4.69, 9.17) is 4.98 Å². The number of rotatable bonds is 5. The van der Waals surface area contributed by atoms with E-state index in [1.165, 1.54) is 16.9 Å². The van der Waals surface area contributed by atoms with Crippen molar-refractivity contribution >= 4 is 22.1 Å². The molecule has 0 N–H and O–H groups in total. The van der Waals surface area contributed by atoms with Gasteiger partial charge in [0.2, 0.25) is 5.91 Å². The summed E-state index contributed by atoms with van der Waals surface area (Å²) in [4.78, 5) is 24.4. The normalized spacial score (nSPS) is 16.0. The molecule has 25 heavy (non-hydrogen) atoms. The molecule has 1 saturated heterocycles. The maximum absolute atomic E-state index is 12.4. The van der Waals surface area contributed by atoms with Gasteiger partial charge in [-0.3, -0.25) is 13.9 Å². The van der Waals surface area contributed by atoms with Crippen molar-refractivity contribution in [3.8, 4) is 0 Å². The molecule has 1 fully saturated rings. The van der Waals surface area contributed by atoms with Crippen LogP contribution in [0.5, 0.6) is 0 Å². The molecule has 1 amide bonds. The quantitative estimate of drug-likeness (QED) is 0.703. The van der Waals surface area contributed by atoms with E-state index in [2.05, 4.69) is 33.0 Å². The second-order valence-electron chi connectivity index (χ2n) is 6.54. The van der Waals surface area contributed by atoms with E-state index in [0.717, 1.165) is 44.7 Å². The number of fused-ring (bicyclic) bond motifs is 1. The van der Waals surface area contributed by atoms with Crippen LogP contribution in [-0.2, 0) is 11.3 Å². The van der Waals surface area contributed by atoms with Gasteiger partial charge in [-0.15, -0.1) is 11.3 Å². The lowest BCUT2D eigenvalue weighted by molar-refractivity contribution is -0.132. The number of amides is 1. The van der Waals surface area contributed by atoms with Crippen LogP contribution in [0.3, 0.4) is 0 Å². The number of piperidine rings is 1. The number of hydrogen-bond acceptors (Lipinski definition) is 5. The minimum Gasteiger partial charge on any atom is -0.343 e. The molecule has 0 aliphatic carbocycles. The summed E-state index contributed by atoms with van der Waals surface area (Å²) in [6, 6.07) is 0. The van der Waals surface area contributed by atoms with Gasteiger partial charge in [-0.05, 0) is 26.2 Å². The molecule has 0 aromatic carbocycles. The minimum absolute atomic E-state index is 0.251. The van der Waals surface area contributed by atoms with Gasteiger partial charge >= 0.3 is 0 Å². The van der Waals surface area contributed by atoms with E-state index in [9.17, 15) is 4.79 Å². The van der Waals surface area contributed by atoms with Crippen molar-refractivity contribution in [2.45, 2.75) is 45.1 Å². The Balaban J connectivity index is 1.30. The first-order valence-electron chi connectivity index (χ1n) is 8.74. The third-order valence-electron chi connectivity index (χ3n) is 4.94. The zero-order valence-electron chi connectivity index (χ0n) is 14.3. The van der Waals surface area contributed by atoms with Gasteiger partial charge in [0.1, 0.15) is 23.3 Å². The maximum Gasteiger partial charge on any atom is 0.222 e. The molecule has 0 radical (unpaired) electrons. The van der Waals surface area contributed by atoms with Gasteiger partial charge in [0, 0.05) is 43.5 Å². The SMILES string of the molecule is Cc1nc(C2CCN(C(=O)CCCn3cncn3)CC2)c2sccn12. The molecule has 0 spiro atoms. The number of thiazole rings is 1. The van der Waals surface area contributed by atoms with Gasteiger partial charge in [0.25, 0.3) is 0 Å². The predicted octanol–water partition coefficient (Wildman–Crippen LogP) is 2.48. The third-order valence-corrected chi connectivity index (χ3v) is 5.82. The molecule has 0 unspecified atom stereocenters. The van der Waals surface area contributed by atoms with Crippen molar-refractivity contribution in [3.05, 3.63) is 35.7 Å². The zero-order valence-corrected chi connectivity index (χ0v) is 15.2. The number of aryl methyl sites for hydroxylation is 2. The van der Waals surface area contributed by atoms with Gasteiger partial charge < -0.3 is 4.90 Å². The largest absolute Gasteiger partial charge is 0.343 e. The topological polar surface area (TPSA) is 68.3 Å². The van der Waals surface area contributed by atoms with E-state index < -0.39 is 0 Å². The molecule has 0 atom stereocenters. The number of hydrogen-bond donors (Lipinski definition) is 0. The number of nitrogens with zero attached hydrogens (tertiary/aromatic N) is 6. The molecule has 8 heteroatoms. The highest BCUT2D eigenvalue weighted by Gasteiger charge is 2.27. The number of carbonyl (C=O) groups excluding carboxylic acids is 1. The highest BCUT2D eigenvalue weighted by Crippen LogP contribution is 2.32. The summed E-state index contributed by atoms with van der Waals surface area (Å²) in [7, 11) is 0. The molecule has 0 saturated carbocycles. The average molecular weight is 358 g/mol. The Labute approximate surface area is 150 Å². The molecule has 1 aliphatic heterocycles. The number of likely N-dealkylation sites (tertiary alicyclic amines) is 1. The Morgan fingerprint density at radius 3 is 2.96 bits per heavy atom. The van der Waals surface area contributed by atoms with Crippen molar-refractivity contribution in [2.75, 3.05) is 13.1 Å². The molecule has 4 heterocycles. The Bertz CT molecular complexity index is 844. The molecular weight excluding hydrogens is 336 g/mol. The smallest absolute Gasteiger partial charge is 0.222 e. The van der Waals surface area contributed by atoms with Crippen LogP contribution in [0.1, 0.15) is 43.1 Å². The molecule has 132 valence electrons. The summed E-state index contributed by atoms with van der Waals surface area (Å²) < 4.78 is 3.94. The molecule has 3 aromatic heterocycles. The van der Waals surface area contributed by atoms with Crippen molar-refractivity contribution in [1.82, 2.24) is 29.0 Å². The fourth-order valence-electron chi connectivity index (χ4n) is 3.56. The monoisotopic (exact) mass is 358 g/mol. The molecule has 3 aromatic rings. The van der Waals surface area contributed by atoms with Crippen LogP contribution in [0, 0.1) is 6.92 Å². The van der Waals surface area contributed by atoms with Crippen LogP contribution in [0.2, 0.25) is 0 Å². The summed E-state index contributed by atoms with van der Waals surface area (Å²) in [5, 5.41) is 6.18. The van der Waals surface area contributed by atoms with Crippen molar-refractivity contribution < 1.29 is 4.79 Å². The number of aromatic nitrogens is 5. The Hall–Kier alpha value is -2.22. The summed E-state index contributed by atoms with van der Waals surface area (Å²) in [5.74, 6) is 1.76. The van der Waals surface area contributed by atoms with Crippen LogP contribution >= 0.6 is 11.3 Å². The third kappa shape index (κ3) is 3.30. The summed E-state index contributed by atoms with van der Waals surface area (Å²) in [6.07, 6.45) is 8.67. The molecule has 1 aliphatic rings. The highest BCUT2D eigenvalue weighted by atomic mass is 32.1. The molecule has 0 bridgehead atoms. The van der Waals surface area contributed by atoms with E-state index in [-0.39, 0.29) is 5.91 Å². The van der Waals surface area contributed by atoms with Crippen molar-refractivity contribution in [3.63, 3.8) is 0 Å². The number of carbonyl (C=O) groups is 1. The first-order valence-corrected chi connectivity index (χ1v) is 9.62. The second-order valence-corrected chi connectivity index (χ2v) is 7.43. The van der Waals surface area contributed by atoms with Crippen molar-refractivity contribution in [1.29, 1.82) is 0 Å². The first-order chi connectivity index (χ1) is 12.2. The Kier molecular flexibility index (Phi) is 4.52. The fraction of sp³-hybridized carbons (Fsp3) is 0.529. The summed E-state index contributed by atoms with van der Waals surface area (Å²) in [6.45, 7) is 4.45. The zero-order chi connectivity index (χ0) is 17.2. The van der Waals surface area contributed by atoms with Crippen LogP contribution in [0.4, 0.5) is 0 Å². The minimum atomic E-state index is 0.251. The maximum atomic E-state index is 12.4. The predicted molar refractivity (Wildman–Crippen MR) is 95.6 cm³/mol. The van der Waals surface area contributed by atoms with Crippen LogP contribution < -0.4 is 0 Å². The molecule has 4 rings (SSSR count). The van der Waals surface area contributed by atoms with E-state index in [0.29, 0.717) is 12.3 Å². The van der Waals surface area contributed by atoms with Crippen LogP contribution in [0.15, 0.2) is 24.2 Å². The van der Waals surface area contributed by atoms with Crippen LogP contribution in [-0.4, -0.2) is 48.0 Å². The van der Waals surface area contributed by atoms with E-state index in [1.807, 2.05) is 4.90 Å². The molecule has 7 nitrogen and oxygen atoms in total. The van der Waals surface area contributed by atoms with E-state index in [1.54, 1.807) is 22.3 Å². The highest BCUT2D eigenvalue weighted by molar-refractivity contribution is 7.15. The lowest BCUT2D eigenvalue weighted by atomic mass is 9.94. The molecular formula is C17H22N6OS. The van der Waals surface area contributed by atoms with Gasteiger partial charge in [-0.1, -0.05) is 0 Å². The van der Waals surface area contributed by atoms with Gasteiger partial charge in [0.15, 0.2) is 0 Å². The van der Waals surface area contributed by atoms with Gasteiger partial charge in [-0.25, -0.2) is 9.97 Å². The summed E-state index contributed by atoms with van der Waals surface area (Å²) >= 11 is 1.75. The van der Waals surface area contributed by atoms with E-state index >= 15 is 0 Å².